The fourth-order valence-corrected chi connectivity index (χ4v) is 4.05. The third-order valence-electron chi connectivity index (χ3n) is 3.53. The van der Waals surface area contributed by atoms with Crippen LogP contribution in [0, 0.1) is 0 Å². The van der Waals surface area contributed by atoms with Gasteiger partial charge in [0.2, 0.25) is 0 Å². The number of rotatable bonds is 8. The summed E-state index contributed by atoms with van der Waals surface area (Å²) in [6, 6.07) is 11.5. The number of benzene rings is 2. The number of aromatic carboxylic acids is 1. The first-order valence-electron chi connectivity index (χ1n) is 7.55. The highest BCUT2D eigenvalue weighted by Gasteiger charge is 2.25. The van der Waals surface area contributed by atoms with Crippen molar-refractivity contribution in [3.8, 4) is 0 Å². The number of carbonyl (C=O) groups is 2. The Hall–Kier alpha value is -2.39. The van der Waals surface area contributed by atoms with E-state index in [0.717, 1.165) is 4.31 Å². The summed E-state index contributed by atoms with van der Waals surface area (Å²) in [5.41, 5.74) is 0.106. The first kappa shape index (κ1) is 19.9. The van der Waals surface area contributed by atoms with Gasteiger partial charge in [-0.25, -0.2) is 13.2 Å². The quantitative estimate of drug-likeness (QED) is 0.650. The molecule has 0 saturated carbocycles. The average molecular weight is 442 g/mol. The maximum Gasteiger partial charge on any atom is 0.335 e. The van der Waals surface area contributed by atoms with Crippen molar-refractivity contribution in [2.45, 2.75) is 17.7 Å². The predicted molar refractivity (Wildman–Crippen MR) is 98.9 cm³/mol. The minimum atomic E-state index is -3.98. The zero-order chi connectivity index (χ0) is 19.3. The van der Waals surface area contributed by atoms with Gasteiger partial charge in [0.05, 0.1) is 16.1 Å². The molecule has 0 unspecified atom stereocenters. The molecule has 2 aromatic rings. The van der Waals surface area contributed by atoms with Gasteiger partial charge in [0, 0.05) is 17.4 Å². The van der Waals surface area contributed by atoms with Crippen LogP contribution in [0.4, 0.5) is 5.69 Å². The Kier molecular flexibility index (Phi) is 6.38. The molecule has 0 fully saturated rings. The molecule has 0 atom stereocenters. The molecular formula is C17H16BrNO6S. The second kappa shape index (κ2) is 8.33. The monoisotopic (exact) mass is 441 g/mol. The molecule has 2 aromatic carbocycles. The first-order chi connectivity index (χ1) is 12.2. The Labute approximate surface area is 159 Å². The summed E-state index contributed by atoms with van der Waals surface area (Å²) < 4.78 is 27.8. The van der Waals surface area contributed by atoms with Gasteiger partial charge in [-0.05, 0) is 48.9 Å². The highest BCUT2D eigenvalue weighted by atomic mass is 79.9. The minimum Gasteiger partial charge on any atom is -0.481 e. The Balaban J connectivity index is 2.46. The molecular weight excluding hydrogens is 426 g/mol. The molecule has 0 spiro atoms. The van der Waals surface area contributed by atoms with Crippen LogP contribution in [-0.2, 0) is 14.8 Å². The Morgan fingerprint density at radius 1 is 1.04 bits per heavy atom. The van der Waals surface area contributed by atoms with Crippen LogP contribution in [0.2, 0.25) is 0 Å². The minimum absolute atomic E-state index is 0.0248. The molecule has 2 rings (SSSR count). The third kappa shape index (κ3) is 4.83. The molecule has 0 heterocycles. The van der Waals surface area contributed by atoms with Gasteiger partial charge in [0.15, 0.2) is 0 Å². The molecule has 0 saturated heterocycles. The normalized spacial score (nSPS) is 11.1. The van der Waals surface area contributed by atoms with E-state index in [1.54, 1.807) is 12.1 Å². The van der Waals surface area contributed by atoms with Crippen molar-refractivity contribution in [2.75, 3.05) is 10.8 Å². The van der Waals surface area contributed by atoms with Gasteiger partial charge in [0.25, 0.3) is 10.0 Å². The molecule has 0 bridgehead atoms. The number of halogens is 1. The van der Waals surface area contributed by atoms with Crippen molar-refractivity contribution in [3.05, 3.63) is 58.6 Å². The highest BCUT2D eigenvalue weighted by Crippen LogP contribution is 2.26. The van der Waals surface area contributed by atoms with Crippen LogP contribution >= 0.6 is 15.9 Å². The van der Waals surface area contributed by atoms with Crippen molar-refractivity contribution >= 4 is 43.6 Å². The Bertz CT molecular complexity index is 911. The van der Waals surface area contributed by atoms with Gasteiger partial charge in [-0.3, -0.25) is 9.10 Å². The number of hydrogen-bond acceptors (Lipinski definition) is 4. The summed E-state index contributed by atoms with van der Waals surface area (Å²) in [5, 5.41) is 18.0. The van der Waals surface area contributed by atoms with Gasteiger partial charge in [-0.2, -0.15) is 0 Å². The van der Waals surface area contributed by atoms with Crippen molar-refractivity contribution in [1.29, 1.82) is 0 Å². The lowest BCUT2D eigenvalue weighted by Gasteiger charge is -2.24. The molecule has 138 valence electrons. The zero-order valence-electron chi connectivity index (χ0n) is 13.5. The zero-order valence-corrected chi connectivity index (χ0v) is 15.9. The van der Waals surface area contributed by atoms with Crippen LogP contribution in [0.3, 0.4) is 0 Å². The van der Waals surface area contributed by atoms with E-state index < -0.39 is 22.0 Å². The predicted octanol–water partition coefficient (Wildman–Crippen LogP) is 3.21. The lowest BCUT2D eigenvalue weighted by Crippen LogP contribution is -2.32. The lowest BCUT2D eigenvalue weighted by atomic mass is 10.2. The van der Waals surface area contributed by atoms with Crippen LogP contribution in [0.25, 0.3) is 0 Å². The summed E-state index contributed by atoms with van der Waals surface area (Å²) in [4.78, 5) is 22.0. The standard InChI is InChI=1S/C17H16BrNO6S/c18-13-6-8-15(9-7-13)26(24,25)19(10-2-5-16(20)21)14-4-1-3-12(11-14)17(22)23/h1,3-4,6-9,11H,2,5,10H2,(H,20,21)(H,22,23). The molecule has 0 aliphatic heterocycles. The third-order valence-corrected chi connectivity index (χ3v) is 5.90. The van der Waals surface area contributed by atoms with Gasteiger partial charge in [0.1, 0.15) is 0 Å². The number of hydrogen-bond donors (Lipinski definition) is 2. The van der Waals surface area contributed by atoms with Gasteiger partial charge >= 0.3 is 11.9 Å². The van der Waals surface area contributed by atoms with Gasteiger partial charge < -0.3 is 10.2 Å². The number of nitrogens with zero attached hydrogens (tertiary/aromatic N) is 1. The number of sulfonamides is 1. The fourth-order valence-electron chi connectivity index (χ4n) is 2.29. The van der Waals surface area contributed by atoms with Crippen molar-refractivity contribution in [1.82, 2.24) is 0 Å². The van der Waals surface area contributed by atoms with E-state index in [9.17, 15) is 18.0 Å². The first-order valence-corrected chi connectivity index (χ1v) is 9.78. The Morgan fingerprint density at radius 3 is 2.27 bits per heavy atom. The van der Waals surface area contributed by atoms with Crippen LogP contribution in [0.1, 0.15) is 23.2 Å². The van der Waals surface area contributed by atoms with Gasteiger partial charge in [-0.1, -0.05) is 22.0 Å². The molecule has 0 aliphatic rings. The smallest absolute Gasteiger partial charge is 0.335 e. The number of aliphatic carboxylic acids is 1. The van der Waals surface area contributed by atoms with E-state index in [-0.39, 0.29) is 35.5 Å². The molecule has 7 nitrogen and oxygen atoms in total. The second-order valence-electron chi connectivity index (χ2n) is 5.38. The fraction of sp³-hybridized carbons (Fsp3) is 0.176. The number of anilines is 1. The average Bonchev–Trinajstić information content (AvgIpc) is 2.58. The van der Waals surface area contributed by atoms with Crippen LogP contribution in [0.5, 0.6) is 0 Å². The molecule has 2 N–H and O–H groups in total. The van der Waals surface area contributed by atoms with E-state index in [1.807, 2.05) is 0 Å². The van der Waals surface area contributed by atoms with E-state index in [0.29, 0.717) is 4.47 Å². The van der Waals surface area contributed by atoms with E-state index in [1.165, 1.54) is 36.4 Å². The van der Waals surface area contributed by atoms with E-state index >= 15 is 0 Å². The molecule has 26 heavy (non-hydrogen) atoms. The summed E-state index contributed by atoms with van der Waals surface area (Å²) in [7, 11) is -3.98. The van der Waals surface area contributed by atoms with Crippen molar-refractivity contribution < 1.29 is 28.2 Å². The van der Waals surface area contributed by atoms with Gasteiger partial charge in [-0.15, -0.1) is 0 Å². The number of carboxylic acid groups (broad SMARTS) is 2. The number of carboxylic acids is 2. The maximum absolute atomic E-state index is 13.0. The summed E-state index contributed by atoms with van der Waals surface area (Å²) >= 11 is 3.24. The lowest BCUT2D eigenvalue weighted by molar-refractivity contribution is -0.137. The largest absolute Gasteiger partial charge is 0.481 e. The van der Waals surface area contributed by atoms with Crippen molar-refractivity contribution in [2.24, 2.45) is 0 Å². The van der Waals surface area contributed by atoms with Crippen LogP contribution < -0.4 is 4.31 Å². The van der Waals surface area contributed by atoms with Crippen LogP contribution in [-0.4, -0.2) is 37.1 Å². The molecule has 0 radical (unpaired) electrons. The van der Waals surface area contributed by atoms with E-state index in [2.05, 4.69) is 15.9 Å². The topological polar surface area (TPSA) is 112 Å². The van der Waals surface area contributed by atoms with Crippen molar-refractivity contribution in [3.63, 3.8) is 0 Å². The molecule has 9 heteroatoms. The summed E-state index contributed by atoms with van der Waals surface area (Å²) in [6.07, 6.45) is -0.118. The highest BCUT2D eigenvalue weighted by molar-refractivity contribution is 9.10. The van der Waals surface area contributed by atoms with E-state index in [4.69, 9.17) is 10.2 Å². The molecule has 0 amide bonds. The van der Waals surface area contributed by atoms with Crippen LogP contribution in [0.15, 0.2) is 57.9 Å². The maximum atomic E-state index is 13.0. The SMILES string of the molecule is O=C(O)CCCN(c1cccc(C(=O)O)c1)S(=O)(=O)c1ccc(Br)cc1. The Morgan fingerprint density at radius 2 is 1.69 bits per heavy atom. The summed E-state index contributed by atoms with van der Waals surface area (Å²) in [5.74, 6) is -2.22. The second-order valence-corrected chi connectivity index (χ2v) is 8.16. The molecule has 0 aliphatic carbocycles. The summed E-state index contributed by atoms with van der Waals surface area (Å²) in [6.45, 7) is -0.0895. The molecule has 0 aromatic heterocycles.